The van der Waals surface area contributed by atoms with E-state index in [9.17, 15) is 18.8 Å². The second kappa shape index (κ2) is 10.0. The maximum absolute atomic E-state index is 13.8. The number of anilines is 1. The highest BCUT2D eigenvalue weighted by molar-refractivity contribution is 9.10. The molecule has 1 heterocycles. The van der Waals surface area contributed by atoms with E-state index in [0.717, 1.165) is 10.5 Å². The number of aryl methyl sites for hydroxylation is 1. The summed E-state index contributed by atoms with van der Waals surface area (Å²) in [5, 5.41) is 2.24. The monoisotopic (exact) mass is 522 g/mol. The largest absolute Gasteiger partial charge is 0.488 e. The molecule has 0 spiro atoms. The molecular weight excluding hydrogens is 503 g/mol. The molecule has 3 aromatic carbocycles. The van der Waals surface area contributed by atoms with Crippen LogP contribution in [0.25, 0.3) is 6.08 Å². The number of benzene rings is 3. The molecule has 4 amide bonds. The predicted molar refractivity (Wildman–Crippen MR) is 130 cm³/mol. The van der Waals surface area contributed by atoms with Crippen LogP contribution >= 0.6 is 15.9 Å². The molecule has 1 saturated heterocycles. The van der Waals surface area contributed by atoms with Gasteiger partial charge in [0.1, 0.15) is 23.7 Å². The summed E-state index contributed by atoms with van der Waals surface area (Å²) in [6.45, 7) is 1.96. The topological polar surface area (TPSA) is 75.7 Å². The van der Waals surface area contributed by atoms with Crippen molar-refractivity contribution in [2.75, 3.05) is 4.90 Å². The Morgan fingerprint density at radius 2 is 1.71 bits per heavy atom. The smallest absolute Gasteiger partial charge is 0.335 e. The molecule has 0 saturated carbocycles. The van der Waals surface area contributed by atoms with Gasteiger partial charge in [-0.25, -0.2) is 14.1 Å². The van der Waals surface area contributed by atoms with Crippen molar-refractivity contribution in [3.05, 3.63) is 99.3 Å². The molecule has 0 unspecified atom stereocenters. The number of barbiturate groups is 1. The number of imide groups is 2. The maximum atomic E-state index is 13.8. The zero-order valence-electron chi connectivity index (χ0n) is 18.2. The van der Waals surface area contributed by atoms with Crippen LogP contribution in [0.15, 0.2) is 76.8 Å². The summed E-state index contributed by atoms with van der Waals surface area (Å²) in [7, 11) is 0. The Bertz CT molecular complexity index is 1320. The third-order valence-electron chi connectivity index (χ3n) is 5.32. The first kappa shape index (κ1) is 23.4. The number of ether oxygens (including phenoxy) is 1. The molecule has 0 aliphatic carbocycles. The van der Waals surface area contributed by atoms with Crippen LogP contribution in [-0.2, 0) is 22.6 Å². The van der Waals surface area contributed by atoms with Gasteiger partial charge in [-0.3, -0.25) is 14.9 Å². The minimum atomic E-state index is -0.786. The molecule has 4 rings (SSSR count). The van der Waals surface area contributed by atoms with E-state index in [2.05, 4.69) is 21.2 Å². The minimum Gasteiger partial charge on any atom is -0.488 e. The second-order valence-corrected chi connectivity index (χ2v) is 8.36. The van der Waals surface area contributed by atoms with E-state index in [-0.39, 0.29) is 18.0 Å². The fraction of sp³-hybridized carbons (Fsp3) is 0.115. The van der Waals surface area contributed by atoms with Gasteiger partial charge >= 0.3 is 6.03 Å². The van der Waals surface area contributed by atoms with E-state index in [1.807, 2.05) is 19.1 Å². The molecule has 1 N–H and O–H groups in total. The maximum Gasteiger partial charge on any atom is 0.335 e. The fourth-order valence-corrected chi connectivity index (χ4v) is 4.08. The number of rotatable bonds is 6. The number of hydrogen-bond donors (Lipinski definition) is 1. The van der Waals surface area contributed by atoms with Crippen molar-refractivity contribution in [3.63, 3.8) is 0 Å². The first-order valence-electron chi connectivity index (χ1n) is 10.5. The third kappa shape index (κ3) is 4.77. The lowest BCUT2D eigenvalue weighted by molar-refractivity contribution is -0.122. The van der Waals surface area contributed by atoms with Gasteiger partial charge < -0.3 is 4.74 Å². The molecule has 0 aromatic heterocycles. The molecule has 0 atom stereocenters. The highest BCUT2D eigenvalue weighted by Crippen LogP contribution is 2.30. The number of amides is 4. The number of nitrogens with zero attached hydrogens (tertiary/aromatic N) is 1. The molecule has 0 radical (unpaired) electrons. The molecule has 3 aromatic rings. The molecule has 1 aliphatic rings. The van der Waals surface area contributed by atoms with Crippen LogP contribution < -0.4 is 15.0 Å². The van der Waals surface area contributed by atoms with Crippen LogP contribution in [0.3, 0.4) is 0 Å². The van der Waals surface area contributed by atoms with Crippen LogP contribution in [0.2, 0.25) is 0 Å². The van der Waals surface area contributed by atoms with Gasteiger partial charge in [-0.15, -0.1) is 0 Å². The Morgan fingerprint density at radius 1 is 1.00 bits per heavy atom. The molecule has 172 valence electrons. The zero-order chi connectivity index (χ0) is 24.2. The van der Waals surface area contributed by atoms with Crippen molar-refractivity contribution in [1.29, 1.82) is 0 Å². The van der Waals surface area contributed by atoms with Crippen LogP contribution in [0.4, 0.5) is 14.9 Å². The Morgan fingerprint density at radius 3 is 2.41 bits per heavy atom. The molecule has 8 heteroatoms. The normalized spacial score (nSPS) is 15.0. The van der Waals surface area contributed by atoms with Crippen molar-refractivity contribution < 1.29 is 23.5 Å². The van der Waals surface area contributed by atoms with Gasteiger partial charge in [-0.2, -0.15) is 0 Å². The Hall–Kier alpha value is -3.78. The quantitative estimate of drug-likeness (QED) is 0.347. The van der Waals surface area contributed by atoms with Crippen molar-refractivity contribution in [2.45, 2.75) is 20.0 Å². The predicted octanol–water partition coefficient (Wildman–Crippen LogP) is 5.40. The highest BCUT2D eigenvalue weighted by atomic mass is 79.9. The van der Waals surface area contributed by atoms with E-state index in [4.69, 9.17) is 4.74 Å². The summed E-state index contributed by atoms with van der Waals surface area (Å²) < 4.78 is 20.1. The summed E-state index contributed by atoms with van der Waals surface area (Å²) in [6, 6.07) is 17.6. The fourth-order valence-electron chi connectivity index (χ4n) is 3.57. The van der Waals surface area contributed by atoms with Crippen molar-refractivity contribution >= 4 is 45.5 Å². The molecule has 1 aliphatic heterocycles. The number of para-hydroxylation sites is 1. The molecule has 1 fully saturated rings. The summed E-state index contributed by atoms with van der Waals surface area (Å²) >= 11 is 3.41. The molecule has 0 bridgehead atoms. The zero-order valence-corrected chi connectivity index (χ0v) is 19.8. The van der Waals surface area contributed by atoms with Gasteiger partial charge in [0.2, 0.25) is 0 Å². The number of urea groups is 1. The summed E-state index contributed by atoms with van der Waals surface area (Å²) in [6.07, 6.45) is 2.03. The molecule has 34 heavy (non-hydrogen) atoms. The SMILES string of the molecule is CCc1ccccc1N1C(=O)NC(=O)/C(=C/c2ccc(OCc3ccccc3F)c(Br)c2)C1=O. The first-order valence-corrected chi connectivity index (χ1v) is 11.3. The lowest BCUT2D eigenvalue weighted by Crippen LogP contribution is -2.54. The number of nitrogens with one attached hydrogen (secondary N) is 1. The molecular formula is C26H20BrFN2O4. The average Bonchev–Trinajstić information content (AvgIpc) is 2.82. The van der Waals surface area contributed by atoms with Gasteiger partial charge in [0.25, 0.3) is 11.8 Å². The van der Waals surface area contributed by atoms with Crippen LogP contribution in [0.1, 0.15) is 23.6 Å². The van der Waals surface area contributed by atoms with Gasteiger partial charge in [0.05, 0.1) is 10.2 Å². The van der Waals surface area contributed by atoms with Crippen molar-refractivity contribution in [2.24, 2.45) is 0 Å². The van der Waals surface area contributed by atoms with E-state index in [1.165, 1.54) is 12.1 Å². The van der Waals surface area contributed by atoms with E-state index in [0.29, 0.717) is 33.5 Å². The van der Waals surface area contributed by atoms with Crippen LogP contribution in [0, 0.1) is 5.82 Å². The minimum absolute atomic E-state index is 0.0422. The second-order valence-electron chi connectivity index (χ2n) is 7.51. The Kier molecular flexibility index (Phi) is 6.88. The van der Waals surface area contributed by atoms with Gasteiger partial charge in [-0.05, 0) is 63.8 Å². The number of halogens is 2. The lowest BCUT2D eigenvalue weighted by atomic mass is 10.0. The number of carbonyl (C=O) groups excluding carboxylic acids is 3. The molecule has 6 nitrogen and oxygen atoms in total. The summed E-state index contributed by atoms with van der Waals surface area (Å²) in [4.78, 5) is 39.1. The summed E-state index contributed by atoms with van der Waals surface area (Å²) in [5.41, 5.74) is 2.03. The van der Waals surface area contributed by atoms with Crippen LogP contribution in [-0.4, -0.2) is 17.8 Å². The standard InChI is InChI=1S/C26H20BrFN2O4/c1-2-17-7-4-6-10-22(17)30-25(32)19(24(31)29-26(30)33)13-16-11-12-23(20(27)14-16)34-15-18-8-3-5-9-21(18)28/h3-14H,2,15H2,1H3,(H,29,31,33)/b19-13-. The summed E-state index contributed by atoms with van der Waals surface area (Å²) in [5.74, 6) is -1.36. The first-order chi connectivity index (χ1) is 16.4. The van der Waals surface area contributed by atoms with E-state index >= 15 is 0 Å². The van der Waals surface area contributed by atoms with E-state index in [1.54, 1.807) is 48.5 Å². The van der Waals surface area contributed by atoms with Crippen molar-refractivity contribution in [3.8, 4) is 5.75 Å². The van der Waals surface area contributed by atoms with E-state index < -0.39 is 17.8 Å². The van der Waals surface area contributed by atoms with Crippen LogP contribution in [0.5, 0.6) is 5.75 Å². The Labute approximate surface area is 204 Å². The van der Waals surface area contributed by atoms with Gasteiger partial charge in [-0.1, -0.05) is 49.4 Å². The van der Waals surface area contributed by atoms with Crippen molar-refractivity contribution in [1.82, 2.24) is 5.32 Å². The Balaban J connectivity index is 1.59. The van der Waals surface area contributed by atoms with Gasteiger partial charge in [0.15, 0.2) is 0 Å². The number of hydrogen-bond acceptors (Lipinski definition) is 4. The third-order valence-corrected chi connectivity index (χ3v) is 5.94. The lowest BCUT2D eigenvalue weighted by Gasteiger charge is -2.28. The van der Waals surface area contributed by atoms with Gasteiger partial charge in [0, 0.05) is 5.56 Å². The number of carbonyl (C=O) groups is 3. The highest BCUT2D eigenvalue weighted by Gasteiger charge is 2.37. The average molecular weight is 523 g/mol.